The maximum Gasteiger partial charge on any atom is 0.255 e. The van der Waals surface area contributed by atoms with Crippen LogP contribution in [0, 0.1) is 0 Å². The number of hydrogen-bond acceptors (Lipinski definition) is 5. The van der Waals surface area contributed by atoms with Crippen LogP contribution in [-0.4, -0.2) is 32.5 Å². The first-order valence-corrected chi connectivity index (χ1v) is 8.85. The molecule has 8 nitrogen and oxygen atoms in total. The molecule has 9 heteroatoms. The minimum atomic E-state index is -3.41. The normalized spacial score (nSPS) is 12.2. The first-order valence-electron chi connectivity index (χ1n) is 6.96. The summed E-state index contributed by atoms with van der Waals surface area (Å²) in [6.07, 6.45) is 3.67. The van der Waals surface area contributed by atoms with E-state index in [1.807, 2.05) is 0 Å². The summed E-state index contributed by atoms with van der Waals surface area (Å²) in [6.45, 7) is 1.53. The van der Waals surface area contributed by atoms with E-state index in [1.165, 1.54) is 31.6 Å². The topological polar surface area (TPSA) is 118 Å². The molecule has 128 valence electrons. The van der Waals surface area contributed by atoms with Crippen molar-refractivity contribution in [3.8, 4) is 0 Å². The molecule has 3 N–H and O–H groups in total. The lowest BCUT2D eigenvalue weighted by molar-refractivity contribution is -0.117. The fraction of sp³-hybridized carbons (Fsp3) is 0.200. The summed E-state index contributed by atoms with van der Waals surface area (Å²) in [5.41, 5.74) is 1.04. The zero-order chi connectivity index (χ0) is 17.7. The smallest absolute Gasteiger partial charge is 0.255 e. The lowest BCUT2D eigenvalue weighted by Gasteiger charge is -2.14. The Bertz CT molecular complexity index is 831. The number of carbonyl (C=O) groups is 2. The molecule has 2 amide bonds. The Kier molecular flexibility index (Phi) is 5.24. The number of hydrogen-bond donors (Lipinski definition) is 3. The van der Waals surface area contributed by atoms with Crippen LogP contribution in [0.3, 0.4) is 0 Å². The molecule has 0 saturated carbocycles. The molecule has 0 fully saturated rings. The van der Waals surface area contributed by atoms with E-state index in [9.17, 15) is 18.0 Å². The second-order valence-electron chi connectivity index (χ2n) is 5.15. The Morgan fingerprint density at radius 1 is 1.17 bits per heavy atom. The third kappa shape index (κ3) is 5.13. The van der Waals surface area contributed by atoms with E-state index >= 15 is 0 Å². The van der Waals surface area contributed by atoms with Gasteiger partial charge in [0.05, 0.1) is 23.8 Å². The van der Waals surface area contributed by atoms with Crippen LogP contribution in [-0.2, 0) is 14.8 Å². The number of anilines is 2. The van der Waals surface area contributed by atoms with Gasteiger partial charge in [-0.25, -0.2) is 8.42 Å². The molecule has 0 spiro atoms. The summed E-state index contributed by atoms with van der Waals surface area (Å²) in [6, 6.07) is 6.93. The monoisotopic (exact) mass is 351 g/mol. The zero-order valence-electron chi connectivity index (χ0n) is 13.1. The molecule has 24 heavy (non-hydrogen) atoms. The van der Waals surface area contributed by atoms with Crippen molar-refractivity contribution in [2.45, 2.75) is 13.0 Å². The zero-order valence-corrected chi connectivity index (χ0v) is 13.9. The Balaban J connectivity index is 1.98. The van der Waals surface area contributed by atoms with Gasteiger partial charge in [0, 0.05) is 5.69 Å². The van der Waals surface area contributed by atoms with Gasteiger partial charge in [0.25, 0.3) is 5.91 Å². The van der Waals surface area contributed by atoms with E-state index in [0.29, 0.717) is 16.9 Å². The summed E-state index contributed by atoms with van der Waals surface area (Å²) < 4.78 is 29.6. The van der Waals surface area contributed by atoms with Gasteiger partial charge >= 0.3 is 0 Å². The predicted octanol–water partition coefficient (Wildman–Crippen LogP) is 1.41. The second-order valence-corrected chi connectivity index (χ2v) is 6.90. The lowest BCUT2D eigenvalue weighted by Crippen LogP contribution is -2.41. The van der Waals surface area contributed by atoms with E-state index in [1.54, 1.807) is 18.2 Å². The van der Waals surface area contributed by atoms with Crippen molar-refractivity contribution in [2.75, 3.05) is 16.3 Å². The van der Waals surface area contributed by atoms with Gasteiger partial charge < -0.3 is 15.1 Å². The number of nitrogens with one attached hydrogen (secondary N) is 3. The van der Waals surface area contributed by atoms with Crippen molar-refractivity contribution >= 4 is 33.2 Å². The van der Waals surface area contributed by atoms with Crippen LogP contribution >= 0.6 is 0 Å². The van der Waals surface area contributed by atoms with Crippen LogP contribution < -0.4 is 15.4 Å². The minimum Gasteiger partial charge on any atom is -0.472 e. The van der Waals surface area contributed by atoms with Gasteiger partial charge in [-0.1, -0.05) is 6.07 Å². The molecular weight excluding hydrogens is 334 g/mol. The van der Waals surface area contributed by atoms with Gasteiger partial charge in [-0.2, -0.15) is 0 Å². The standard InChI is InChI=1S/C15H17N3O5S/c1-10(16-15(20)11-6-7-23-9-11)14(19)17-12-4-3-5-13(8-12)18-24(2,21)22/h3-10,18H,1-2H3,(H,16,20)(H,17,19)/t10-/m1/s1. The van der Waals surface area contributed by atoms with Gasteiger partial charge in [0.2, 0.25) is 15.9 Å². The van der Waals surface area contributed by atoms with E-state index in [-0.39, 0.29) is 0 Å². The second kappa shape index (κ2) is 7.18. The van der Waals surface area contributed by atoms with Crippen LogP contribution in [0.15, 0.2) is 47.3 Å². The van der Waals surface area contributed by atoms with E-state index < -0.39 is 27.9 Å². The van der Waals surface area contributed by atoms with Crippen molar-refractivity contribution < 1.29 is 22.4 Å². The van der Waals surface area contributed by atoms with Crippen LogP contribution in [0.5, 0.6) is 0 Å². The molecule has 0 unspecified atom stereocenters. The Morgan fingerprint density at radius 3 is 2.50 bits per heavy atom. The molecule has 0 saturated heterocycles. The van der Waals surface area contributed by atoms with Crippen LogP contribution in [0.1, 0.15) is 17.3 Å². The molecular formula is C15H17N3O5S. The predicted molar refractivity (Wildman–Crippen MR) is 89.2 cm³/mol. The van der Waals surface area contributed by atoms with Crippen molar-refractivity contribution in [1.29, 1.82) is 0 Å². The first-order chi connectivity index (χ1) is 11.2. The van der Waals surface area contributed by atoms with E-state index in [4.69, 9.17) is 4.42 Å². The van der Waals surface area contributed by atoms with Crippen LogP contribution in [0.4, 0.5) is 11.4 Å². The van der Waals surface area contributed by atoms with Crippen LogP contribution in [0.2, 0.25) is 0 Å². The van der Waals surface area contributed by atoms with E-state index in [2.05, 4.69) is 15.4 Å². The number of furan rings is 1. The minimum absolute atomic E-state index is 0.314. The molecule has 1 heterocycles. The molecule has 0 aliphatic rings. The summed E-state index contributed by atoms with van der Waals surface area (Å²) in [4.78, 5) is 24.0. The maximum atomic E-state index is 12.1. The molecule has 0 bridgehead atoms. The highest BCUT2D eigenvalue weighted by atomic mass is 32.2. The number of sulfonamides is 1. The van der Waals surface area contributed by atoms with Gasteiger partial charge in [0.15, 0.2) is 0 Å². The quantitative estimate of drug-likeness (QED) is 0.727. The number of amides is 2. The number of benzene rings is 1. The van der Waals surface area contributed by atoms with Gasteiger partial charge in [-0.3, -0.25) is 14.3 Å². The maximum absolute atomic E-state index is 12.1. The first kappa shape index (κ1) is 17.5. The fourth-order valence-corrected chi connectivity index (χ4v) is 2.42. The highest BCUT2D eigenvalue weighted by Gasteiger charge is 2.17. The average Bonchev–Trinajstić information content (AvgIpc) is 2.99. The Morgan fingerprint density at radius 2 is 1.88 bits per heavy atom. The molecule has 1 aromatic carbocycles. The third-order valence-electron chi connectivity index (χ3n) is 2.96. The van der Waals surface area contributed by atoms with Crippen molar-refractivity contribution in [2.24, 2.45) is 0 Å². The highest BCUT2D eigenvalue weighted by molar-refractivity contribution is 7.92. The lowest BCUT2D eigenvalue weighted by atomic mass is 10.2. The molecule has 2 rings (SSSR count). The summed E-state index contributed by atoms with van der Waals surface area (Å²) >= 11 is 0. The fourth-order valence-electron chi connectivity index (χ4n) is 1.86. The van der Waals surface area contributed by atoms with Gasteiger partial charge in [0.1, 0.15) is 12.3 Å². The van der Waals surface area contributed by atoms with Gasteiger partial charge in [-0.05, 0) is 31.2 Å². The Labute approximate surface area is 139 Å². The SMILES string of the molecule is C[C@@H](NC(=O)c1ccoc1)C(=O)Nc1cccc(NS(C)(=O)=O)c1. The van der Waals surface area contributed by atoms with Crippen LogP contribution in [0.25, 0.3) is 0 Å². The Hall–Kier alpha value is -2.81. The van der Waals surface area contributed by atoms with E-state index in [0.717, 1.165) is 6.26 Å². The largest absolute Gasteiger partial charge is 0.472 e. The average molecular weight is 351 g/mol. The number of rotatable bonds is 6. The molecule has 2 aromatic rings. The van der Waals surface area contributed by atoms with Crippen molar-refractivity contribution in [1.82, 2.24) is 5.32 Å². The van der Waals surface area contributed by atoms with Gasteiger partial charge in [-0.15, -0.1) is 0 Å². The van der Waals surface area contributed by atoms with Crippen molar-refractivity contribution in [3.63, 3.8) is 0 Å². The summed E-state index contributed by atoms with van der Waals surface area (Å²) in [5, 5.41) is 5.14. The molecule has 0 aliphatic heterocycles. The summed E-state index contributed by atoms with van der Waals surface area (Å²) in [5.74, 6) is -0.873. The molecule has 0 aliphatic carbocycles. The summed E-state index contributed by atoms with van der Waals surface area (Å²) in [7, 11) is -3.41. The highest BCUT2D eigenvalue weighted by Crippen LogP contribution is 2.16. The molecule has 1 aromatic heterocycles. The molecule has 0 radical (unpaired) electrons. The molecule has 1 atom stereocenters. The third-order valence-corrected chi connectivity index (χ3v) is 3.56. The number of carbonyl (C=O) groups excluding carboxylic acids is 2. The van der Waals surface area contributed by atoms with Crippen molar-refractivity contribution in [3.05, 3.63) is 48.4 Å².